The van der Waals surface area contributed by atoms with Crippen LogP contribution in [0.2, 0.25) is 0 Å². The molecule has 0 N–H and O–H groups in total. The molecule has 1 aliphatic rings. The molecule has 0 fully saturated rings. The van der Waals surface area contributed by atoms with E-state index in [4.69, 9.17) is 0 Å². The Morgan fingerprint density at radius 1 is 1.09 bits per heavy atom. The SMILES string of the molecule is Cc1cc(N2C(=O)c3cccc([N+](=O)[O-])c3C2=O)c(C)cc1Br. The third-order valence-corrected chi connectivity index (χ3v) is 4.66. The summed E-state index contributed by atoms with van der Waals surface area (Å²) in [4.78, 5) is 36.8. The van der Waals surface area contributed by atoms with Gasteiger partial charge in [0.2, 0.25) is 0 Å². The summed E-state index contributed by atoms with van der Waals surface area (Å²) >= 11 is 3.40. The molecule has 0 spiro atoms. The maximum absolute atomic E-state index is 12.7. The highest BCUT2D eigenvalue weighted by molar-refractivity contribution is 9.10. The van der Waals surface area contributed by atoms with Crippen molar-refractivity contribution in [2.45, 2.75) is 13.8 Å². The van der Waals surface area contributed by atoms with Crippen molar-refractivity contribution in [2.24, 2.45) is 0 Å². The van der Waals surface area contributed by atoms with E-state index < -0.39 is 16.7 Å². The molecule has 0 aromatic heterocycles. The lowest BCUT2D eigenvalue weighted by atomic mass is 10.1. The second-order valence-electron chi connectivity index (χ2n) is 5.29. The molecule has 1 aliphatic heterocycles. The minimum absolute atomic E-state index is 0.0594. The third-order valence-electron chi connectivity index (χ3n) is 3.81. The van der Waals surface area contributed by atoms with E-state index >= 15 is 0 Å². The van der Waals surface area contributed by atoms with E-state index in [9.17, 15) is 19.7 Å². The van der Waals surface area contributed by atoms with Crippen molar-refractivity contribution in [1.82, 2.24) is 0 Å². The van der Waals surface area contributed by atoms with Crippen LogP contribution in [0.25, 0.3) is 0 Å². The summed E-state index contributed by atoms with van der Waals surface area (Å²) in [6.07, 6.45) is 0. The molecule has 0 saturated heterocycles. The molecule has 0 aliphatic carbocycles. The van der Waals surface area contributed by atoms with Gasteiger partial charge < -0.3 is 0 Å². The smallest absolute Gasteiger partial charge is 0.268 e. The lowest BCUT2D eigenvalue weighted by molar-refractivity contribution is -0.385. The molecule has 23 heavy (non-hydrogen) atoms. The number of anilines is 1. The molecule has 1 heterocycles. The number of carbonyl (C=O) groups is 2. The minimum Gasteiger partial charge on any atom is -0.268 e. The number of hydrogen-bond acceptors (Lipinski definition) is 4. The Morgan fingerprint density at radius 3 is 2.43 bits per heavy atom. The fourth-order valence-electron chi connectivity index (χ4n) is 2.65. The Morgan fingerprint density at radius 2 is 1.78 bits per heavy atom. The average molecular weight is 375 g/mol. The maximum Gasteiger partial charge on any atom is 0.283 e. The van der Waals surface area contributed by atoms with E-state index in [1.54, 1.807) is 13.0 Å². The van der Waals surface area contributed by atoms with E-state index in [0.29, 0.717) is 5.69 Å². The standard InChI is InChI=1S/C16H11BrN2O4/c1-8-7-13(9(2)6-11(8)17)18-15(20)10-4-3-5-12(19(22)23)14(10)16(18)21/h3-7H,1-2H3. The molecule has 2 aromatic rings. The number of rotatable bonds is 2. The fraction of sp³-hybridized carbons (Fsp3) is 0.125. The lowest BCUT2D eigenvalue weighted by Crippen LogP contribution is -2.30. The first-order chi connectivity index (χ1) is 10.8. The number of carbonyl (C=O) groups excluding carboxylic acids is 2. The average Bonchev–Trinajstić information content (AvgIpc) is 2.75. The van der Waals surface area contributed by atoms with Crippen molar-refractivity contribution in [3.05, 3.63) is 67.2 Å². The predicted molar refractivity (Wildman–Crippen MR) is 87.9 cm³/mol. The zero-order valence-corrected chi connectivity index (χ0v) is 13.9. The highest BCUT2D eigenvalue weighted by Crippen LogP contribution is 2.36. The van der Waals surface area contributed by atoms with Crippen molar-refractivity contribution in [1.29, 1.82) is 0 Å². The summed E-state index contributed by atoms with van der Waals surface area (Å²) in [5.41, 5.74) is 1.57. The van der Waals surface area contributed by atoms with Crippen molar-refractivity contribution >= 4 is 39.1 Å². The molecule has 7 heteroatoms. The van der Waals surface area contributed by atoms with Gasteiger partial charge in [0.1, 0.15) is 5.56 Å². The summed E-state index contributed by atoms with van der Waals surface area (Å²) in [6, 6.07) is 7.59. The van der Waals surface area contributed by atoms with Crippen LogP contribution >= 0.6 is 15.9 Å². The molecular formula is C16H11BrN2O4. The molecule has 0 bridgehead atoms. The van der Waals surface area contributed by atoms with Crippen LogP contribution in [0.1, 0.15) is 31.8 Å². The number of amides is 2. The molecule has 2 amide bonds. The van der Waals surface area contributed by atoms with Gasteiger partial charge >= 0.3 is 0 Å². The zero-order chi connectivity index (χ0) is 16.9. The number of imide groups is 1. The minimum atomic E-state index is -0.665. The molecule has 6 nitrogen and oxygen atoms in total. The van der Waals surface area contributed by atoms with Crippen molar-refractivity contribution < 1.29 is 14.5 Å². The Kier molecular flexibility index (Phi) is 3.52. The van der Waals surface area contributed by atoms with Crippen LogP contribution < -0.4 is 4.90 Å². The van der Waals surface area contributed by atoms with Gasteiger partial charge in [0.05, 0.1) is 16.2 Å². The Bertz CT molecular complexity index is 892. The number of nitro groups is 1. The number of nitrogens with zero attached hydrogens (tertiary/aromatic N) is 2. The monoisotopic (exact) mass is 374 g/mol. The van der Waals surface area contributed by atoms with E-state index in [-0.39, 0.29) is 16.8 Å². The van der Waals surface area contributed by atoms with Crippen LogP contribution in [-0.4, -0.2) is 16.7 Å². The van der Waals surface area contributed by atoms with Crippen molar-refractivity contribution in [3.63, 3.8) is 0 Å². The first kappa shape index (κ1) is 15.4. The van der Waals surface area contributed by atoms with Gasteiger partial charge in [-0.2, -0.15) is 0 Å². The van der Waals surface area contributed by atoms with Gasteiger partial charge in [0.15, 0.2) is 0 Å². The van der Waals surface area contributed by atoms with Gasteiger partial charge in [-0.05, 0) is 43.2 Å². The molecule has 0 radical (unpaired) electrons. The number of aryl methyl sites for hydroxylation is 2. The van der Waals surface area contributed by atoms with Crippen LogP contribution in [-0.2, 0) is 0 Å². The molecule has 2 aromatic carbocycles. The van der Waals surface area contributed by atoms with Gasteiger partial charge in [-0.3, -0.25) is 19.7 Å². The lowest BCUT2D eigenvalue weighted by Gasteiger charge is -2.18. The second kappa shape index (κ2) is 5.27. The molecular weight excluding hydrogens is 364 g/mol. The van der Waals surface area contributed by atoms with Gasteiger partial charge in [-0.25, -0.2) is 4.90 Å². The molecule has 3 rings (SSSR count). The van der Waals surface area contributed by atoms with Crippen molar-refractivity contribution in [3.8, 4) is 0 Å². The van der Waals surface area contributed by atoms with E-state index in [0.717, 1.165) is 20.5 Å². The predicted octanol–water partition coefficient (Wildman–Crippen LogP) is 3.77. The summed E-state index contributed by atoms with van der Waals surface area (Å²) in [7, 11) is 0. The number of hydrogen-bond donors (Lipinski definition) is 0. The maximum atomic E-state index is 12.7. The third kappa shape index (κ3) is 2.24. The largest absolute Gasteiger partial charge is 0.283 e. The summed E-state index contributed by atoms with van der Waals surface area (Å²) in [5, 5.41) is 11.1. The van der Waals surface area contributed by atoms with E-state index in [1.165, 1.54) is 18.2 Å². The number of benzene rings is 2. The Labute approximate surface area is 140 Å². The van der Waals surface area contributed by atoms with Crippen LogP contribution in [0.15, 0.2) is 34.8 Å². The normalized spacial score (nSPS) is 13.4. The first-order valence-electron chi connectivity index (χ1n) is 6.76. The van der Waals surface area contributed by atoms with Gasteiger partial charge in [0, 0.05) is 10.5 Å². The topological polar surface area (TPSA) is 80.5 Å². The van der Waals surface area contributed by atoms with Crippen LogP contribution in [0.4, 0.5) is 11.4 Å². The highest BCUT2D eigenvalue weighted by atomic mass is 79.9. The van der Waals surface area contributed by atoms with Crippen LogP contribution in [0.3, 0.4) is 0 Å². The quantitative estimate of drug-likeness (QED) is 0.455. The number of fused-ring (bicyclic) bond motifs is 1. The van der Waals surface area contributed by atoms with Gasteiger partial charge in [-0.15, -0.1) is 0 Å². The highest BCUT2D eigenvalue weighted by Gasteiger charge is 2.42. The number of nitro benzene ring substituents is 1. The summed E-state index contributed by atoms with van der Waals surface area (Å²) < 4.78 is 0.862. The molecule has 0 unspecified atom stereocenters. The Hall–Kier alpha value is -2.54. The molecule has 0 atom stereocenters. The van der Waals surface area contributed by atoms with Crippen LogP contribution in [0.5, 0.6) is 0 Å². The second-order valence-corrected chi connectivity index (χ2v) is 6.14. The first-order valence-corrected chi connectivity index (χ1v) is 7.55. The summed E-state index contributed by atoms with van der Waals surface area (Å²) in [6.45, 7) is 3.62. The van der Waals surface area contributed by atoms with Gasteiger partial charge in [-0.1, -0.05) is 22.0 Å². The van der Waals surface area contributed by atoms with E-state index in [2.05, 4.69) is 15.9 Å². The summed E-state index contributed by atoms with van der Waals surface area (Å²) in [5.74, 6) is -1.21. The van der Waals surface area contributed by atoms with Gasteiger partial charge in [0.25, 0.3) is 17.5 Å². The van der Waals surface area contributed by atoms with Crippen LogP contribution in [0, 0.1) is 24.0 Å². The van der Waals surface area contributed by atoms with Crippen molar-refractivity contribution in [2.75, 3.05) is 4.90 Å². The Balaban J connectivity index is 2.21. The molecule has 116 valence electrons. The molecule has 0 saturated carbocycles. The zero-order valence-electron chi connectivity index (χ0n) is 12.3. The van der Waals surface area contributed by atoms with E-state index in [1.807, 2.05) is 13.0 Å². The number of halogens is 1. The fourth-order valence-corrected chi connectivity index (χ4v) is 3.10.